The van der Waals surface area contributed by atoms with Gasteiger partial charge in [-0.25, -0.2) is 0 Å². The van der Waals surface area contributed by atoms with Crippen molar-refractivity contribution in [3.05, 3.63) is 58.8 Å². The summed E-state index contributed by atoms with van der Waals surface area (Å²) in [5.74, 6) is 0. The maximum atomic E-state index is 7.46. The Morgan fingerprint density at radius 1 is 1.27 bits per heavy atom. The number of rotatable bonds is 0. The van der Waals surface area contributed by atoms with Crippen LogP contribution in [0.1, 0.15) is 6.93 Å². The van der Waals surface area contributed by atoms with Gasteiger partial charge in [-0.15, -0.1) is 5.56 Å². The first-order chi connectivity index (χ1) is 7.90. The summed E-state index contributed by atoms with van der Waals surface area (Å²) < 4.78 is 7.46. The maximum absolute atomic E-state index is 7.46. The minimum absolute atomic E-state index is 0.883. The van der Waals surface area contributed by atoms with Gasteiger partial charge < -0.3 is 0 Å². The molecule has 0 heterocycles. The molecule has 0 aliphatic heterocycles. The molecule has 0 radical (unpaired) electrons. The van der Waals surface area contributed by atoms with Crippen LogP contribution in [-0.4, -0.2) is 0 Å². The van der Waals surface area contributed by atoms with Crippen LogP contribution in [0.25, 0.3) is 29.5 Å². The second-order valence-corrected chi connectivity index (χ2v) is 3.69. The Kier molecular flexibility index (Phi) is 1.45. The van der Waals surface area contributed by atoms with E-state index in [0.29, 0.717) is 0 Å². The minimum atomic E-state index is 0.883. The van der Waals surface area contributed by atoms with Crippen LogP contribution in [0, 0.1) is 6.42 Å². The van der Waals surface area contributed by atoms with E-state index in [0.717, 1.165) is 26.8 Å². The fraction of sp³-hybridized carbons (Fsp3) is 0. The van der Waals surface area contributed by atoms with Crippen LogP contribution in [0.5, 0.6) is 0 Å². The molecule has 0 saturated carbocycles. The van der Waals surface area contributed by atoms with Crippen molar-refractivity contribution in [3.8, 4) is 0 Å². The molecule has 0 amide bonds. The molecule has 0 nitrogen and oxygen atoms in total. The Morgan fingerprint density at radius 3 is 3.13 bits per heavy atom. The third-order valence-corrected chi connectivity index (χ3v) is 2.77. The topological polar surface area (TPSA) is 0 Å². The Bertz CT molecular complexity index is 693. The van der Waals surface area contributed by atoms with Crippen molar-refractivity contribution in [1.82, 2.24) is 0 Å². The second-order valence-electron chi connectivity index (χ2n) is 3.69. The summed E-state index contributed by atoms with van der Waals surface area (Å²) in [5.41, 5.74) is 1.16. The van der Waals surface area contributed by atoms with Crippen LogP contribution >= 0.6 is 0 Å². The molecular formula is C15H10. The summed E-state index contributed by atoms with van der Waals surface area (Å²) >= 11 is 0. The van der Waals surface area contributed by atoms with Crippen LogP contribution in [0.4, 0.5) is 0 Å². The third kappa shape index (κ3) is 1.16. The van der Waals surface area contributed by atoms with Crippen molar-refractivity contribution >= 4 is 29.5 Å². The average Bonchev–Trinajstić information content (AvgIpc) is 2.36. The highest BCUT2D eigenvalue weighted by molar-refractivity contribution is 5.86. The molecule has 0 bridgehead atoms. The van der Waals surface area contributed by atoms with Crippen molar-refractivity contribution in [2.75, 3.05) is 0 Å². The average molecular weight is 191 g/mol. The van der Waals surface area contributed by atoms with Gasteiger partial charge in [-0.1, -0.05) is 17.4 Å². The molecule has 0 N–H and O–H groups in total. The van der Waals surface area contributed by atoms with Crippen LogP contribution in [0.15, 0.2) is 36.4 Å². The van der Waals surface area contributed by atoms with Gasteiger partial charge in [-0.05, 0) is 18.7 Å². The Hall–Kier alpha value is -2.04. The molecule has 1 aliphatic rings. The van der Waals surface area contributed by atoms with Crippen LogP contribution < -0.4 is 10.4 Å². The number of hydrogen-bond donors (Lipinski definition) is 0. The van der Waals surface area contributed by atoms with Gasteiger partial charge in [0.25, 0.3) is 0 Å². The highest BCUT2D eigenvalue weighted by Gasteiger charge is 2.00. The lowest BCUT2D eigenvalue weighted by Crippen LogP contribution is -2.27. The van der Waals surface area contributed by atoms with Crippen molar-refractivity contribution in [1.29, 1.82) is 0 Å². The van der Waals surface area contributed by atoms with E-state index in [4.69, 9.17) is 1.37 Å². The number of allylic oxidation sites excluding steroid dienone is 1. The van der Waals surface area contributed by atoms with Crippen LogP contribution in [0.3, 0.4) is 0 Å². The van der Waals surface area contributed by atoms with E-state index in [2.05, 4.69) is 24.8 Å². The Morgan fingerprint density at radius 2 is 2.20 bits per heavy atom. The first kappa shape index (κ1) is 7.28. The first-order valence-corrected chi connectivity index (χ1v) is 4.98. The van der Waals surface area contributed by atoms with Crippen LogP contribution in [0.2, 0.25) is 0 Å². The molecule has 2 aromatic carbocycles. The Balaban J connectivity index is 2.62. The summed E-state index contributed by atoms with van der Waals surface area (Å²) in [7, 11) is 0. The fourth-order valence-electron chi connectivity index (χ4n) is 2.01. The largest absolute Gasteiger partial charge is 0.219 e. The van der Waals surface area contributed by atoms with E-state index in [1.165, 1.54) is 0 Å². The second kappa shape index (κ2) is 2.98. The van der Waals surface area contributed by atoms with Crippen molar-refractivity contribution < 1.29 is 1.37 Å². The van der Waals surface area contributed by atoms with Crippen LogP contribution in [-0.2, 0) is 0 Å². The molecule has 0 fully saturated rings. The quantitative estimate of drug-likeness (QED) is 0.560. The smallest absolute Gasteiger partial charge is 0.172 e. The highest BCUT2D eigenvalue weighted by atomic mass is 14.0. The highest BCUT2D eigenvalue weighted by Crippen LogP contribution is 2.11. The lowest BCUT2D eigenvalue weighted by atomic mass is 9.98. The predicted octanol–water partition coefficient (Wildman–Crippen LogP) is 2.14. The lowest BCUT2D eigenvalue weighted by molar-refractivity contribution is 1.52. The lowest BCUT2D eigenvalue weighted by Gasteiger charge is -2.10. The van der Waals surface area contributed by atoms with E-state index in [9.17, 15) is 0 Å². The van der Waals surface area contributed by atoms with Crippen molar-refractivity contribution in [2.24, 2.45) is 0 Å². The first-order valence-electron chi connectivity index (χ1n) is 5.48. The number of benzene rings is 2. The zero-order valence-corrected chi connectivity index (χ0v) is 8.20. The number of hydrogen-bond acceptors (Lipinski definition) is 0. The standard InChI is InChI=1S/C15H10/c1-11-14-8-4-2-6-12(14)10-13-7-3-5-9-15(11)13/h1-10H/i1D. The van der Waals surface area contributed by atoms with Gasteiger partial charge in [-0.3, -0.25) is 0 Å². The predicted molar refractivity (Wildman–Crippen MR) is 65.5 cm³/mol. The minimum Gasteiger partial charge on any atom is -0.172 e. The van der Waals surface area contributed by atoms with Gasteiger partial charge in [-0.2, -0.15) is 24.6 Å². The maximum Gasteiger partial charge on any atom is 0.219 e. The molecule has 0 saturated heterocycles. The van der Waals surface area contributed by atoms with Crippen molar-refractivity contribution in [2.45, 2.75) is 0 Å². The van der Waals surface area contributed by atoms with E-state index >= 15 is 0 Å². The number of fused-ring (bicyclic) bond motifs is 2. The Labute approximate surface area is 90.3 Å². The molecule has 1 aliphatic carbocycles. The molecule has 0 aromatic heterocycles. The van der Waals surface area contributed by atoms with Gasteiger partial charge in [0, 0.05) is 11.5 Å². The molecule has 0 unspecified atom stereocenters. The third-order valence-electron chi connectivity index (χ3n) is 2.77. The molecule has 2 aromatic rings. The zero-order chi connectivity index (χ0) is 11.0. The molecule has 0 atom stereocenters. The molecule has 3 rings (SSSR count). The normalized spacial score (nSPS) is 14.9. The van der Waals surface area contributed by atoms with E-state index in [1.54, 1.807) is 0 Å². The van der Waals surface area contributed by atoms with Gasteiger partial charge in [0.15, 0.2) is 0 Å². The fourth-order valence-corrected chi connectivity index (χ4v) is 2.01. The molecule has 15 heavy (non-hydrogen) atoms. The zero-order valence-electron chi connectivity index (χ0n) is 9.20. The molecule has 0 spiro atoms. The van der Waals surface area contributed by atoms with Crippen molar-refractivity contribution in [3.63, 3.8) is 0 Å². The molecule has 70 valence electrons. The monoisotopic (exact) mass is 191 g/mol. The van der Waals surface area contributed by atoms with E-state index in [1.807, 2.05) is 36.8 Å². The van der Waals surface area contributed by atoms with Gasteiger partial charge in [0.1, 0.15) is 0 Å². The summed E-state index contributed by atoms with van der Waals surface area (Å²) in [5, 5.41) is 4.23. The summed E-state index contributed by atoms with van der Waals surface area (Å²) in [6, 6.07) is 10.3. The van der Waals surface area contributed by atoms with E-state index in [-0.39, 0.29) is 0 Å². The molecular weight excluding hydrogens is 180 g/mol. The summed E-state index contributed by atoms with van der Waals surface area (Å²) in [6.45, 7) is 2.56. The molecule has 0 heteroatoms. The summed E-state index contributed by atoms with van der Waals surface area (Å²) in [4.78, 5) is 0. The SMILES string of the molecule is [2H][C+]=c1c2c(cc3ccccc13)C=C[CH-]C=2. The summed E-state index contributed by atoms with van der Waals surface area (Å²) in [6.07, 6.45) is 8.13. The van der Waals surface area contributed by atoms with E-state index < -0.39 is 0 Å². The van der Waals surface area contributed by atoms with Gasteiger partial charge in [0.2, 0.25) is 1.37 Å². The van der Waals surface area contributed by atoms with Gasteiger partial charge >= 0.3 is 0 Å². The van der Waals surface area contributed by atoms with Gasteiger partial charge in [0.05, 0.1) is 10.6 Å².